The van der Waals surface area contributed by atoms with E-state index in [1.807, 2.05) is 0 Å². The predicted molar refractivity (Wildman–Crippen MR) is 73.3 cm³/mol. The number of pyridine rings is 1. The maximum Gasteiger partial charge on any atom is 0.324 e. The van der Waals surface area contributed by atoms with Gasteiger partial charge in [0.25, 0.3) is 0 Å². The van der Waals surface area contributed by atoms with E-state index in [1.165, 1.54) is 24.4 Å². The number of nitrogens with one attached hydrogen (secondary N) is 2. The lowest BCUT2D eigenvalue weighted by Gasteiger charge is -2.08. The van der Waals surface area contributed by atoms with Gasteiger partial charge in [-0.1, -0.05) is 23.2 Å². The number of aromatic nitrogens is 1. The quantitative estimate of drug-likeness (QED) is 0.874. The summed E-state index contributed by atoms with van der Waals surface area (Å²) >= 11 is 11.3. The summed E-state index contributed by atoms with van der Waals surface area (Å²) in [5.41, 5.74) is 0.0239. The summed E-state index contributed by atoms with van der Waals surface area (Å²) in [5.74, 6) is -0.317. The van der Waals surface area contributed by atoms with Crippen LogP contribution in [0.1, 0.15) is 0 Å². The molecule has 0 saturated carbocycles. The molecular weight excluding hydrogens is 292 g/mol. The molecule has 0 spiro atoms. The number of nitrogens with zero attached hydrogens (tertiary/aromatic N) is 1. The molecule has 98 valence electrons. The fraction of sp³-hybridized carbons (Fsp3) is 0. The molecular formula is C12H8Cl2FN3O. The molecule has 0 aliphatic carbocycles. The van der Waals surface area contributed by atoms with Crippen molar-refractivity contribution < 1.29 is 9.18 Å². The van der Waals surface area contributed by atoms with Crippen molar-refractivity contribution in [1.82, 2.24) is 4.98 Å². The van der Waals surface area contributed by atoms with Gasteiger partial charge in [0.05, 0.1) is 10.7 Å². The molecule has 1 aromatic carbocycles. The van der Waals surface area contributed by atoms with Gasteiger partial charge in [0.15, 0.2) is 0 Å². The van der Waals surface area contributed by atoms with Gasteiger partial charge in [0.1, 0.15) is 11.6 Å². The van der Waals surface area contributed by atoms with Gasteiger partial charge < -0.3 is 5.32 Å². The Morgan fingerprint density at radius 3 is 2.47 bits per heavy atom. The summed E-state index contributed by atoms with van der Waals surface area (Å²) in [6.45, 7) is 0. The molecule has 0 atom stereocenters. The van der Waals surface area contributed by atoms with E-state index in [2.05, 4.69) is 15.6 Å². The van der Waals surface area contributed by atoms with E-state index < -0.39 is 11.8 Å². The highest BCUT2D eigenvalue weighted by molar-refractivity contribution is 6.30. The van der Waals surface area contributed by atoms with E-state index >= 15 is 0 Å². The monoisotopic (exact) mass is 299 g/mol. The number of rotatable bonds is 2. The van der Waals surface area contributed by atoms with Gasteiger partial charge in [0, 0.05) is 11.2 Å². The summed E-state index contributed by atoms with van der Waals surface area (Å²) in [5, 5.41) is 5.49. The number of carbonyl (C=O) groups is 1. The molecule has 1 heterocycles. The minimum Gasteiger partial charge on any atom is -0.305 e. The molecule has 0 aliphatic rings. The maximum absolute atomic E-state index is 13.4. The van der Waals surface area contributed by atoms with Crippen LogP contribution in [0.4, 0.5) is 20.7 Å². The van der Waals surface area contributed by atoms with Gasteiger partial charge in [-0.2, -0.15) is 0 Å². The van der Waals surface area contributed by atoms with Gasteiger partial charge in [0.2, 0.25) is 0 Å². The Hall–Kier alpha value is -1.85. The Kier molecular flexibility index (Phi) is 4.19. The van der Waals surface area contributed by atoms with Gasteiger partial charge in [-0.3, -0.25) is 5.32 Å². The molecule has 0 radical (unpaired) electrons. The Morgan fingerprint density at radius 1 is 1.11 bits per heavy atom. The highest BCUT2D eigenvalue weighted by Gasteiger charge is 2.08. The SMILES string of the molecule is O=C(Nc1ccc(Cl)cn1)Nc1ccc(Cl)cc1F. The van der Waals surface area contributed by atoms with Crippen LogP contribution in [0.3, 0.4) is 0 Å². The van der Waals surface area contributed by atoms with E-state index in [0.717, 1.165) is 6.07 Å². The van der Waals surface area contributed by atoms with Crippen LogP contribution in [-0.4, -0.2) is 11.0 Å². The molecule has 0 unspecified atom stereocenters. The minimum atomic E-state index is -0.619. The molecule has 0 aliphatic heterocycles. The Labute approximate surface area is 118 Å². The van der Waals surface area contributed by atoms with Crippen LogP contribution in [0.25, 0.3) is 0 Å². The van der Waals surface area contributed by atoms with Crippen molar-refractivity contribution >= 4 is 40.7 Å². The first-order valence-corrected chi connectivity index (χ1v) is 5.95. The normalized spacial score (nSPS) is 10.1. The number of urea groups is 1. The molecule has 1 aromatic heterocycles. The first-order chi connectivity index (χ1) is 9.04. The Balaban J connectivity index is 2.03. The van der Waals surface area contributed by atoms with E-state index in [4.69, 9.17) is 23.2 Å². The summed E-state index contributed by atoms with van der Waals surface area (Å²) in [6.07, 6.45) is 1.39. The summed E-state index contributed by atoms with van der Waals surface area (Å²) in [4.78, 5) is 15.5. The predicted octanol–water partition coefficient (Wildman–Crippen LogP) is 4.17. The van der Waals surface area contributed by atoms with Crippen LogP contribution in [0, 0.1) is 5.82 Å². The molecule has 2 N–H and O–H groups in total. The third-order valence-electron chi connectivity index (χ3n) is 2.15. The minimum absolute atomic E-state index is 0.0239. The summed E-state index contributed by atoms with van der Waals surface area (Å²) in [7, 11) is 0. The highest BCUT2D eigenvalue weighted by atomic mass is 35.5. The number of hydrogen-bond donors (Lipinski definition) is 2. The Bertz CT molecular complexity index is 604. The van der Waals surface area contributed by atoms with Crippen molar-refractivity contribution in [3.63, 3.8) is 0 Å². The average Bonchev–Trinajstić information content (AvgIpc) is 2.36. The second kappa shape index (κ2) is 5.86. The van der Waals surface area contributed by atoms with Crippen molar-refractivity contribution in [1.29, 1.82) is 0 Å². The largest absolute Gasteiger partial charge is 0.324 e. The number of carbonyl (C=O) groups excluding carboxylic acids is 1. The molecule has 2 rings (SSSR count). The van der Waals surface area contributed by atoms with Crippen molar-refractivity contribution in [2.45, 2.75) is 0 Å². The number of halogens is 3. The maximum atomic E-state index is 13.4. The van der Waals surface area contributed by atoms with Crippen LogP contribution in [0.15, 0.2) is 36.5 Å². The van der Waals surface area contributed by atoms with E-state index in [9.17, 15) is 9.18 Å². The molecule has 2 aromatic rings. The fourth-order valence-electron chi connectivity index (χ4n) is 1.31. The van der Waals surface area contributed by atoms with Crippen LogP contribution < -0.4 is 10.6 Å². The van der Waals surface area contributed by atoms with Crippen molar-refractivity contribution in [3.8, 4) is 0 Å². The highest BCUT2D eigenvalue weighted by Crippen LogP contribution is 2.19. The second-order valence-electron chi connectivity index (χ2n) is 3.56. The molecule has 4 nitrogen and oxygen atoms in total. The first-order valence-electron chi connectivity index (χ1n) is 5.19. The third-order valence-corrected chi connectivity index (χ3v) is 2.61. The van der Waals surface area contributed by atoms with Crippen LogP contribution in [0.5, 0.6) is 0 Å². The number of anilines is 2. The van der Waals surface area contributed by atoms with Crippen LogP contribution >= 0.6 is 23.2 Å². The van der Waals surface area contributed by atoms with Gasteiger partial charge in [-0.15, -0.1) is 0 Å². The molecule has 0 bridgehead atoms. The van der Waals surface area contributed by atoms with Gasteiger partial charge >= 0.3 is 6.03 Å². The van der Waals surface area contributed by atoms with Crippen LogP contribution in [0.2, 0.25) is 10.0 Å². The van der Waals surface area contributed by atoms with Gasteiger partial charge in [-0.25, -0.2) is 14.2 Å². The van der Waals surface area contributed by atoms with E-state index in [1.54, 1.807) is 6.07 Å². The van der Waals surface area contributed by atoms with Crippen molar-refractivity contribution in [2.75, 3.05) is 10.6 Å². The standard InChI is InChI=1S/C12H8Cl2FN3O/c13-7-1-3-10(9(15)5-7)17-12(19)18-11-4-2-8(14)6-16-11/h1-6H,(H2,16,17,18,19). The zero-order chi connectivity index (χ0) is 13.8. The first kappa shape index (κ1) is 13.6. The summed E-state index contributed by atoms with van der Waals surface area (Å²) < 4.78 is 13.4. The smallest absolute Gasteiger partial charge is 0.305 e. The molecule has 19 heavy (non-hydrogen) atoms. The van der Waals surface area contributed by atoms with Crippen LogP contribution in [-0.2, 0) is 0 Å². The van der Waals surface area contributed by atoms with Crippen molar-refractivity contribution in [3.05, 3.63) is 52.4 Å². The molecule has 2 amide bonds. The Morgan fingerprint density at radius 2 is 1.84 bits per heavy atom. The summed E-state index contributed by atoms with van der Waals surface area (Å²) in [6, 6.07) is 6.44. The zero-order valence-electron chi connectivity index (χ0n) is 9.45. The van der Waals surface area contributed by atoms with E-state index in [0.29, 0.717) is 10.8 Å². The number of amides is 2. The van der Waals surface area contributed by atoms with Crippen molar-refractivity contribution in [2.24, 2.45) is 0 Å². The zero-order valence-corrected chi connectivity index (χ0v) is 11.0. The molecule has 0 fully saturated rings. The third kappa shape index (κ3) is 3.81. The average molecular weight is 300 g/mol. The van der Waals surface area contributed by atoms with E-state index in [-0.39, 0.29) is 10.7 Å². The molecule has 0 saturated heterocycles. The topological polar surface area (TPSA) is 54.0 Å². The number of hydrogen-bond acceptors (Lipinski definition) is 2. The van der Waals surface area contributed by atoms with Gasteiger partial charge in [-0.05, 0) is 30.3 Å². The lowest BCUT2D eigenvalue weighted by Crippen LogP contribution is -2.20. The lowest BCUT2D eigenvalue weighted by atomic mass is 10.3. The number of benzene rings is 1. The second-order valence-corrected chi connectivity index (χ2v) is 4.44. The lowest BCUT2D eigenvalue weighted by molar-refractivity contribution is 0.262. The molecule has 7 heteroatoms. The fourth-order valence-corrected chi connectivity index (χ4v) is 1.58.